The van der Waals surface area contributed by atoms with Crippen molar-refractivity contribution < 1.29 is 9.59 Å². The molecular formula is C13H14N4O2. The van der Waals surface area contributed by atoms with E-state index in [0.29, 0.717) is 0 Å². The fourth-order valence-corrected chi connectivity index (χ4v) is 2.34. The number of nitrogens with zero attached hydrogens (tertiary/aromatic N) is 2. The van der Waals surface area contributed by atoms with Gasteiger partial charge >= 0.3 is 0 Å². The van der Waals surface area contributed by atoms with Gasteiger partial charge in [0.2, 0.25) is 5.91 Å². The van der Waals surface area contributed by atoms with Gasteiger partial charge in [-0.3, -0.25) is 14.5 Å². The van der Waals surface area contributed by atoms with Crippen molar-refractivity contribution >= 4 is 23.2 Å². The average Bonchev–Trinajstić information content (AvgIpc) is 2.93. The maximum Gasteiger partial charge on any atom is 0.272 e. The van der Waals surface area contributed by atoms with Gasteiger partial charge in [-0.25, -0.2) is 5.43 Å². The van der Waals surface area contributed by atoms with Crippen molar-refractivity contribution in [3.63, 3.8) is 0 Å². The zero-order valence-electron chi connectivity index (χ0n) is 10.6. The molecule has 1 aromatic rings. The van der Waals surface area contributed by atoms with Crippen LogP contribution < -0.4 is 10.7 Å². The molecule has 2 heterocycles. The van der Waals surface area contributed by atoms with Crippen LogP contribution >= 0.6 is 0 Å². The third-order valence-electron chi connectivity index (χ3n) is 3.25. The van der Waals surface area contributed by atoms with Crippen molar-refractivity contribution in [3.8, 4) is 0 Å². The van der Waals surface area contributed by atoms with Crippen LogP contribution in [0.2, 0.25) is 0 Å². The van der Waals surface area contributed by atoms with E-state index < -0.39 is 0 Å². The van der Waals surface area contributed by atoms with Crippen LogP contribution in [0.1, 0.15) is 17.5 Å². The Kier molecular flexibility index (Phi) is 2.79. The summed E-state index contributed by atoms with van der Waals surface area (Å²) in [7, 11) is 2.06. The molecule has 0 aromatic heterocycles. The minimum absolute atomic E-state index is 0.0412. The first-order valence-electron chi connectivity index (χ1n) is 6.09. The molecule has 2 N–H and O–H groups in total. The Morgan fingerprint density at radius 2 is 2.16 bits per heavy atom. The summed E-state index contributed by atoms with van der Waals surface area (Å²) in [5.41, 5.74) is 5.74. The molecule has 1 aromatic carbocycles. The first-order valence-corrected chi connectivity index (χ1v) is 6.09. The van der Waals surface area contributed by atoms with E-state index in [2.05, 4.69) is 27.8 Å². The van der Waals surface area contributed by atoms with Crippen LogP contribution in [0.25, 0.3) is 0 Å². The average molecular weight is 258 g/mol. The summed E-state index contributed by atoms with van der Waals surface area (Å²) in [6.45, 7) is 1.83. The Bertz CT molecular complexity index is 594. The van der Waals surface area contributed by atoms with Crippen molar-refractivity contribution in [1.82, 2.24) is 10.3 Å². The Balaban J connectivity index is 1.73. The zero-order valence-corrected chi connectivity index (χ0v) is 10.6. The molecule has 2 amide bonds. The molecule has 19 heavy (non-hydrogen) atoms. The summed E-state index contributed by atoms with van der Waals surface area (Å²) in [4.78, 5) is 25.1. The number of rotatable bonds is 2. The second kappa shape index (κ2) is 4.47. The van der Waals surface area contributed by atoms with Crippen molar-refractivity contribution in [2.75, 3.05) is 12.4 Å². The summed E-state index contributed by atoms with van der Waals surface area (Å²) >= 11 is 0. The van der Waals surface area contributed by atoms with E-state index in [1.165, 1.54) is 11.1 Å². The molecule has 0 aliphatic carbocycles. The largest absolute Gasteiger partial charge is 0.321 e. The molecule has 0 spiro atoms. The Morgan fingerprint density at radius 3 is 2.89 bits per heavy atom. The maximum atomic E-state index is 11.9. The molecule has 2 aliphatic heterocycles. The quantitative estimate of drug-likeness (QED) is 0.808. The van der Waals surface area contributed by atoms with Crippen LogP contribution in [0.4, 0.5) is 5.69 Å². The van der Waals surface area contributed by atoms with Crippen molar-refractivity contribution in [1.29, 1.82) is 0 Å². The number of anilines is 1. The highest BCUT2D eigenvalue weighted by molar-refractivity contribution is 6.46. The van der Waals surface area contributed by atoms with E-state index in [1.54, 1.807) is 0 Å². The molecule has 98 valence electrons. The number of hydrogen-bond acceptors (Lipinski definition) is 4. The first-order chi connectivity index (χ1) is 9.11. The number of carbonyl (C=O) groups excluding carboxylic acids is 2. The molecule has 0 atom stereocenters. The lowest BCUT2D eigenvalue weighted by atomic mass is 10.1. The summed E-state index contributed by atoms with van der Waals surface area (Å²) in [6.07, 6.45) is 0.0412. The number of hydrazone groups is 1. The van der Waals surface area contributed by atoms with E-state index in [1.807, 2.05) is 18.2 Å². The van der Waals surface area contributed by atoms with Gasteiger partial charge in [0.05, 0.1) is 6.42 Å². The van der Waals surface area contributed by atoms with Crippen LogP contribution in [0.15, 0.2) is 23.3 Å². The van der Waals surface area contributed by atoms with Crippen LogP contribution in [0.3, 0.4) is 0 Å². The molecule has 0 saturated heterocycles. The summed E-state index contributed by atoms with van der Waals surface area (Å²) < 4.78 is 0. The van der Waals surface area contributed by atoms with Gasteiger partial charge < -0.3 is 5.32 Å². The van der Waals surface area contributed by atoms with Crippen molar-refractivity contribution in [2.24, 2.45) is 5.10 Å². The third kappa shape index (κ3) is 2.34. The molecule has 3 rings (SSSR count). The molecule has 0 fully saturated rings. The highest BCUT2D eigenvalue weighted by atomic mass is 16.2. The maximum absolute atomic E-state index is 11.9. The highest BCUT2D eigenvalue weighted by Crippen LogP contribution is 2.24. The molecule has 6 heteroatoms. The molecule has 0 unspecified atom stereocenters. The smallest absolute Gasteiger partial charge is 0.272 e. The lowest BCUT2D eigenvalue weighted by molar-refractivity contribution is -0.119. The predicted octanol–water partition coefficient (Wildman–Crippen LogP) is 0.446. The van der Waals surface area contributed by atoms with Crippen LogP contribution in [-0.4, -0.2) is 29.5 Å². The molecular weight excluding hydrogens is 244 g/mol. The molecule has 2 aliphatic rings. The Morgan fingerprint density at radius 1 is 1.37 bits per heavy atom. The number of hydrogen-bond donors (Lipinski definition) is 2. The standard InChI is InChI=1S/C13H14N4O2/c1-17-6-8-2-3-10(4-9(8)7-17)14-13(19)11-5-12(18)16-15-11/h2-4H,5-7H2,1H3,(H,14,19)(H,16,18). The number of fused-ring (bicyclic) bond motifs is 1. The minimum Gasteiger partial charge on any atom is -0.321 e. The van der Waals surface area contributed by atoms with Gasteiger partial charge in [0.25, 0.3) is 5.91 Å². The monoisotopic (exact) mass is 258 g/mol. The summed E-state index contributed by atoms with van der Waals surface area (Å²) in [6, 6.07) is 5.87. The van der Waals surface area contributed by atoms with E-state index in [0.717, 1.165) is 18.8 Å². The second-order valence-corrected chi connectivity index (χ2v) is 4.88. The third-order valence-corrected chi connectivity index (χ3v) is 3.25. The predicted molar refractivity (Wildman–Crippen MR) is 70.4 cm³/mol. The minimum atomic E-state index is -0.329. The SMILES string of the molecule is CN1Cc2ccc(NC(=O)C3=NNC(=O)C3)cc2C1. The van der Waals surface area contributed by atoms with E-state index in [4.69, 9.17) is 0 Å². The number of carbonyl (C=O) groups is 2. The molecule has 0 radical (unpaired) electrons. The number of amides is 2. The van der Waals surface area contributed by atoms with E-state index >= 15 is 0 Å². The Labute approximate surface area is 110 Å². The van der Waals surface area contributed by atoms with Gasteiger partial charge in [0, 0.05) is 18.8 Å². The van der Waals surface area contributed by atoms with Crippen molar-refractivity contribution in [2.45, 2.75) is 19.5 Å². The summed E-state index contributed by atoms with van der Waals surface area (Å²) in [5.74, 6) is -0.578. The van der Waals surface area contributed by atoms with Gasteiger partial charge in [-0.1, -0.05) is 6.07 Å². The fourth-order valence-electron chi connectivity index (χ4n) is 2.34. The topological polar surface area (TPSA) is 73.8 Å². The van der Waals surface area contributed by atoms with Crippen LogP contribution in [0.5, 0.6) is 0 Å². The second-order valence-electron chi connectivity index (χ2n) is 4.88. The summed E-state index contributed by atoms with van der Waals surface area (Å²) in [5, 5.41) is 6.46. The fraction of sp³-hybridized carbons (Fsp3) is 0.308. The van der Waals surface area contributed by atoms with Crippen LogP contribution in [0, 0.1) is 0 Å². The van der Waals surface area contributed by atoms with Crippen molar-refractivity contribution in [3.05, 3.63) is 29.3 Å². The highest BCUT2D eigenvalue weighted by Gasteiger charge is 2.22. The normalized spacial score (nSPS) is 17.9. The van der Waals surface area contributed by atoms with Crippen LogP contribution in [-0.2, 0) is 22.7 Å². The van der Waals surface area contributed by atoms with Gasteiger partial charge in [-0.15, -0.1) is 0 Å². The number of benzene rings is 1. The molecule has 6 nitrogen and oxygen atoms in total. The molecule has 0 saturated carbocycles. The Hall–Kier alpha value is -2.21. The molecule has 0 bridgehead atoms. The van der Waals surface area contributed by atoms with Gasteiger partial charge in [0.1, 0.15) is 5.71 Å². The lowest BCUT2D eigenvalue weighted by Crippen LogP contribution is -2.22. The lowest BCUT2D eigenvalue weighted by Gasteiger charge is -2.06. The van der Waals surface area contributed by atoms with Gasteiger partial charge in [-0.2, -0.15) is 5.10 Å². The van der Waals surface area contributed by atoms with E-state index in [-0.39, 0.29) is 23.9 Å². The van der Waals surface area contributed by atoms with E-state index in [9.17, 15) is 9.59 Å². The van der Waals surface area contributed by atoms with Gasteiger partial charge in [-0.05, 0) is 30.3 Å². The first kappa shape index (κ1) is 11.9. The number of nitrogens with one attached hydrogen (secondary N) is 2. The van der Waals surface area contributed by atoms with Gasteiger partial charge in [0.15, 0.2) is 0 Å². The zero-order chi connectivity index (χ0) is 13.4.